The van der Waals surface area contributed by atoms with Gasteiger partial charge in [0, 0.05) is 29.4 Å². The fourth-order valence-electron chi connectivity index (χ4n) is 3.00. The number of hydrogen-bond donors (Lipinski definition) is 1. The van der Waals surface area contributed by atoms with Crippen LogP contribution in [0.5, 0.6) is 0 Å². The van der Waals surface area contributed by atoms with Crippen molar-refractivity contribution >= 4 is 28.0 Å². The lowest BCUT2D eigenvalue weighted by molar-refractivity contribution is 0.102. The molecule has 1 N–H and O–H groups in total. The molecule has 28 heavy (non-hydrogen) atoms. The van der Waals surface area contributed by atoms with Crippen LogP contribution < -0.4 is 5.32 Å². The van der Waals surface area contributed by atoms with Crippen molar-refractivity contribution in [2.45, 2.75) is 11.8 Å². The molecule has 1 atom stereocenters. The summed E-state index contributed by atoms with van der Waals surface area (Å²) in [6.07, 6.45) is 3.93. The van der Waals surface area contributed by atoms with Gasteiger partial charge in [-0.3, -0.25) is 9.00 Å². The Kier molecular flexibility index (Phi) is 5.04. The van der Waals surface area contributed by atoms with Gasteiger partial charge in [0.05, 0.1) is 27.0 Å². The maximum atomic E-state index is 12.7. The number of pyridine rings is 1. The number of carbonyl (C=O) groups excluding carboxylic acids is 1. The molecule has 0 bridgehead atoms. The molecule has 1 amide bonds. The molecule has 2 aromatic carbocycles. The average Bonchev–Trinajstić information content (AvgIpc) is 3.18. The molecule has 6 heteroatoms. The minimum atomic E-state index is -1.19. The largest absolute Gasteiger partial charge is 0.322 e. The number of aromatic nitrogens is 2. The van der Waals surface area contributed by atoms with Crippen molar-refractivity contribution in [2.24, 2.45) is 0 Å². The monoisotopic (exact) mass is 389 g/mol. The molecule has 0 aliphatic carbocycles. The highest BCUT2D eigenvalue weighted by Crippen LogP contribution is 2.22. The number of hydrogen-bond acceptors (Lipinski definition) is 3. The van der Waals surface area contributed by atoms with Gasteiger partial charge >= 0.3 is 0 Å². The molecule has 2 aromatic heterocycles. The van der Waals surface area contributed by atoms with Gasteiger partial charge < -0.3 is 9.72 Å². The van der Waals surface area contributed by atoms with Crippen molar-refractivity contribution in [3.63, 3.8) is 0 Å². The van der Waals surface area contributed by atoms with Crippen molar-refractivity contribution < 1.29 is 9.00 Å². The third kappa shape index (κ3) is 3.59. The van der Waals surface area contributed by atoms with E-state index in [1.165, 1.54) is 0 Å². The molecule has 0 radical (unpaired) electrons. The van der Waals surface area contributed by atoms with Crippen LogP contribution in [0.15, 0.2) is 84.0 Å². The molecule has 4 rings (SSSR count). The predicted molar refractivity (Wildman–Crippen MR) is 112 cm³/mol. The zero-order valence-electron chi connectivity index (χ0n) is 15.3. The van der Waals surface area contributed by atoms with Crippen LogP contribution in [-0.2, 0) is 10.8 Å². The first kappa shape index (κ1) is 18.1. The number of carbonyl (C=O) groups is 1. The highest BCUT2D eigenvalue weighted by atomic mass is 32.2. The summed E-state index contributed by atoms with van der Waals surface area (Å²) < 4.78 is 14.2. The van der Waals surface area contributed by atoms with Crippen LogP contribution in [0.4, 0.5) is 5.69 Å². The minimum Gasteiger partial charge on any atom is -0.322 e. The molecule has 1 unspecified atom stereocenters. The molecule has 0 saturated heterocycles. The van der Waals surface area contributed by atoms with Crippen molar-refractivity contribution in [3.05, 3.63) is 84.7 Å². The van der Waals surface area contributed by atoms with E-state index in [1.54, 1.807) is 24.3 Å². The summed E-state index contributed by atoms with van der Waals surface area (Å²) in [7, 11) is -1.19. The fourth-order valence-corrected chi connectivity index (χ4v) is 3.95. The van der Waals surface area contributed by atoms with Crippen LogP contribution in [-0.4, -0.2) is 25.3 Å². The van der Waals surface area contributed by atoms with Gasteiger partial charge in [0.1, 0.15) is 5.65 Å². The number of benzene rings is 2. The van der Waals surface area contributed by atoms with Crippen LogP contribution >= 0.6 is 0 Å². The summed E-state index contributed by atoms with van der Waals surface area (Å²) in [5.41, 5.74) is 3.83. The number of nitrogens with zero attached hydrogens (tertiary/aromatic N) is 2. The smallest absolute Gasteiger partial charge is 0.256 e. The topological polar surface area (TPSA) is 63.5 Å². The zero-order valence-corrected chi connectivity index (χ0v) is 16.1. The van der Waals surface area contributed by atoms with E-state index in [-0.39, 0.29) is 5.91 Å². The molecule has 0 saturated carbocycles. The van der Waals surface area contributed by atoms with Crippen molar-refractivity contribution in [1.29, 1.82) is 0 Å². The number of imidazole rings is 1. The number of anilines is 1. The standard InChI is InChI=1S/C22H19N3O2S/c1-2-28(27)20-8-4-3-7-18(20)22(26)23-17-12-10-16(11-13-17)19-15-25-14-6-5-9-21(25)24-19/h3-15H,2H2,1H3,(H,23,26). The van der Waals surface area contributed by atoms with Gasteiger partial charge in [-0.1, -0.05) is 37.3 Å². The lowest BCUT2D eigenvalue weighted by Gasteiger charge is -2.09. The fraction of sp³-hybridized carbons (Fsp3) is 0.0909. The second-order valence-electron chi connectivity index (χ2n) is 6.25. The highest BCUT2D eigenvalue weighted by molar-refractivity contribution is 7.85. The number of nitrogens with one attached hydrogen (secondary N) is 1. The third-order valence-electron chi connectivity index (χ3n) is 4.44. The molecule has 140 valence electrons. The average molecular weight is 389 g/mol. The SMILES string of the molecule is CCS(=O)c1ccccc1C(=O)Nc1ccc(-c2cn3ccccc3n2)cc1. The molecule has 0 fully saturated rings. The molecule has 5 nitrogen and oxygen atoms in total. The molecule has 0 aliphatic heterocycles. The summed E-state index contributed by atoms with van der Waals surface area (Å²) >= 11 is 0. The Balaban J connectivity index is 1.55. The van der Waals surface area contributed by atoms with Gasteiger partial charge in [-0.25, -0.2) is 4.98 Å². The van der Waals surface area contributed by atoms with Gasteiger partial charge in [0.25, 0.3) is 5.91 Å². The summed E-state index contributed by atoms with van der Waals surface area (Å²) in [4.78, 5) is 17.8. The van der Waals surface area contributed by atoms with Crippen LogP contribution in [0, 0.1) is 0 Å². The number of rotatable bonds is 5. The number of amides is 1. The molecule has 0 spiro atoms. The lowest BCUT2D eigenvalue weighted by atomic mass is 10.1. The second kappa shape index (κ2) is 7.78. The van der Waals surface area contributed by atoms with Gasteiger partial charge in [0.15, 0.2) is 0 Å². The maximum Gasteiger partial charge on any atom is 0.256 e. The van der Waals surface area contributed by atoms with Gasteiger partial charge in [-0.15, -0.1) is 0 Å². The van der Waals surface area contributed by atoms with E-state index in [1.807, 2.05) is 66.2 Å². The van der Waals surface area contributed by atoms with Crippen LogP contribution in [0.3, 0.4) is 0 Å². The Morgan fingerprint density at radius 1 is 1.04 bits per heavy atom. The van der Waals surface area contributed by atoms with E-state index in [9.17, 15) is 9.00 Å². The van der Waals surface area contributed by atoms with Crippen LogP contribution in [0.1, 0.15) is 17.3 Å². The molecule has 2 heterocycles. The van der Waals surface area contributed by atoms with E-state index >= 15 is 0 Å². The van der Waals surface area contributed by atoms with Crippen molar-refractivity contribution in [3.8, 4) is 11.3 Å². The Morgan fingerprint density at radius 2 is 1.79 bits per heavy atom. The van der Waals surface area contributed by atoms with Crippen molar-refractivity contribution in [1.82, 2.24) is 9.38 Å². The summed E-state index contributed by atoms with van der Waals surface area (Å²) in [6.45, 7) is 1.84. The molecular formula is C22H19N3O2S. The van der Waals surface area contributed by atoms with Crippen LogP contribution in [0.2, 0.25) is 0 Å². The zero-order chi connectivity index (χ0) is 19.5. The Morgan fingerprint density at radius 3 is 2.54 bits per heavy atom. The number of fused-ring (bicyclic) bond motifs is 1. The Bertz CT molecular complexity index is 1130. The highest BCUT2D eigenvalue weighted by Gasteiger charge is 2.15. The van der Waals surface area contributed by atoms with E-state index in [0.29, 0.717) is 21.9 Å². The Hall–Kier alpha value is -3.25. The first-order valence-corrected chi connectivity index (χ1v) is 10.3. The normalized spacial score (nSPS) is 12.0. The summed E-state index contributed by atoms with van der Waals surface area (Å²) in [5.74, 6) is 0.204. The maximum absolute atomic E-state index is 12.7. The van der Waals surface area contributed by atoms with E-state index in [4.69, 9.17) is 0 Å². The third-order valence-corrected chi connectivity index (χ3v) is 5.81. The summed E-state index contributed by atoms with van der Waals surface area (Å²) in [6, 6.07) is 20.4. The lowest BCUT2D eigenvalue weighted by Crippen LogP contribution is -2.15. The first-order chi connectivity index (χ1) is 13.7. The first-order valence-electron chi connectivity index (χ1n) is 8.98. The molecular weight excluding hydrogens is 370 g/mol. The van der Waals surface area contributed by atoms with Crippen LogP contribution in [0.25, 0.3) is 16.9 Å². The predicted octanol–water partition coefficient (Wildman–Crippen LogP) is 4.38. The minimum absolute atomic E-state index is 0.266. The second-order valence-corrected chi connectivity index (χ2v) is 7.96. The van der Waals surface area contributed by atoms with E-state index in [0.717, 1.165) is 16.9 Å². The van der Waals surface area contributed by atoms with E-state index in [2.05, 4.69) is 10.3 Å². The quantitative estimate of drug-likeness (QED) is 0.551. The summed E-state index contributed by atoms with van der Waals surface area (Å²) in [5, 5.41) is 2.88. The molecule has 0 aliphatic rings. The Labute approximate surface area is 165 Å². The van der Waals surface area contributed by atoms with Gasteiger partial charge in [-0.2, -0.15) is 0 Å². The van der Waals surface area contributed by atoms with Gasteiger partial charge in [0.2, 0.25) is 0 Å². The van der Waals surface area contributed by atoms with Gasteiger partial charge in [-0.05, 0) is 36.4 Å². The van der Waals surface area contributed by atoms with Crippen molar-refractivity contribution in [2.75, 3.05) is 11.1 Å². The molecule has 4 aromatic rings. The van der Waals surface area contributed by atoms with E-state index < -0.39 is 10.8 Å².